The van der Waals surface area contributed by atoms with Crippen LogP contribution in [0.3, 0.4) is 0 Å². The highest BCUT2D eigenvalue weighted by atomic mass is 127. The summed E-state index contributed by atoms with van der Waals surface area (Å²) in [5, 5.41) is 0. The highest BCUT2D eigenvalue weighted by molar-refractivity contribution is 14.1. The Morgan fingerprint density at radius 1 is 1.36 bits per heavy atom. The minimum Gasteiger partial charge on any atom is -0.348 e. The Labute approximate surface area is 159 Å². The van der Waals surface area contributed by atoms with Crippen LogP contribution in [0.15, 0.2) is 21.9 Å². The van der Waals surface area contributed by atoms with Gasteiger partial charge in [0.1, 0.15) is 11.7 Å². The normalized spacial score (nSPS) is 36.4. The van der Waals surface area contributed by atoms with E-state index in [0.717, 1.165) is 30.1 Å². The third-order valence-corrected chi connectivity index (χ3v) is 6.57. The molecule has 3 aliphatic rings. The Hall–Kier alpha value is -0.710. The van der Waals surface area contributed by atoms with Crippen LogP contribution in [0.25, 0.3) is 0 Å². The van der Waals surface area contributed by atoms with Gasteiger partial charge in [0.15, 0.2) is 12.0 Å². The van der Waals surface area contributed by atoms with Gasteiger partial charge >= 0.3 is 5.69 Å². The molecule has 0 bridgehead atoms. The number of ether oxygens (including phenoxy) is 3. The summed E-state index contributed by atoms with van der Waals surface area (Å²) in [6.45, 7) is 4.15. The van der Waals surface area contributed by atoms with Crippen LogP contribution in [0.1, 0.15) is 45.8 Å². The first kappa shape index (κ1) is 17.7. The van der Waals surface area contributed by atoms with E-state index < -0.39 is 28.9 Å². The maximum Gasteiger partial charge on any atom is 0.330 e. The zero-order valence-electron chi connectivity index (χ0n) is 14.4. The lowest BCUT2D eigenvalue weighted by atomic mass is 9.83. The van der Waals surface area contributed by atoms with Crippen LogP contribution < -0.4 is 11.2 Å². The topological polar surface area (TPSA) is 82.6 Å². The largest absolute Gasteiger partial charge is 0.348 e. The van der Waals surface area contributed by atoms with Crippen molar-refractivity contribution in [3.8, 4) is 0 Å². The molecular formula is C17H23IN2O5. The number of hydrogen-bond donors (Lipinski definition) is 1. The Balaban J connectivity index is 1.83. The molecular weight excluding hydrogens is 439 g/mol. The number of rotatable bonds is 3. The van der Waals surface area contributed by atoms with E-state index in [1.54, 1.807) is 0 Å². The van der Waals surface area contributed by atoms with Gasteiger partial charge in [0, 0.05) is 29.5 Å². The van der Waals surface area contributed by atoms with E-state index in [1.165, 1.54) is 16.8 Å². The second kappa shape index (κ2) is 6.17. The number of nitrogens with zero attached hydrogens (tertiary/aromatic N) is 1. The molecule has 1 aromatic heterocycles. The predicted molar refractivity (Wildman–Crippen MR) is 98.8 cm³/mol. The van der Waals surface area contributed by atoms with Crippen molar-refractivity contribution < 1.29 is 14.2 Å². The second-order valence-electron chi connectivity index (χ2n) is 7.47. The lowest BCUT2D eigenvalue weighted by molar-refractivity contribution is -0.240. The van der Waals surface area contributed by atoms with Crippen LogP contribution in [-0.2, 0) is 14.2 Å². The molecule has 0 radical (unpaired) electrons. The van der Waals surface area contributed by atoms with E-state index in [4.69, 9.17) is 14.2 Å². The molecule has 2 saturated heterocycles. The van der Waals surface area contributed by atoms with Gasteiger partial charge in [-0.25, -0.2) is 4.79 Å². The van der Waals surface area contributed by atoms with Crippen LogP contribution in [0.4, 0.5) is 0 Å². The van der Waals surface area contributed by atoms with E-state index in [9.17, 15) is 9.59 Å². The number of halogens is 1. The molecule has 0 unspecified atom stereocenters. The summed E-state index contributed by atoms with van der Waals surface area (Å²) < 4.78 is 21.6. The molecule has 1 N–H and O–H groups in total. The van der Waals surface area contributed by atoms with E-state index in [2.05, 4.69) is 41.4 Å². The third kappa shape index (κ3) is 2.55. The van der Waals surface area contributed by atoms with Crippen LogP contribution in [0, 0.1) is 5.92 Å². The average Bonchev–Trinajstić information content (AvgIpc) is 3.22. The van der Waals surface area contributed by atoms with Gasteiger partial charge in [-0.05, 0) is 18.8 Å². The van der Waals surface area contributed by atoms with Crippen molar-refractivity contribution in [2.75, 3.05) is 4.43 Å². The van der Waals surface area contributed by atoms with Crippen molar-refractivity contribution in [2.24, 2.45) is 5.92 Å². The first-order chi connectivity index (χ1) is 11.9. The average molecular weight is 462 g/mol. The zero-order valence-corrected chi connectivity index (χ0v) is 16.5. The molecule has 1 aliphatic carbocycles. The van der Waals surface area contributed by atoms with Gasteiger partial charge in [0.2, 0.25) is 0 Å². The smallest absolute Gasteiger partial charge is 0.330 e. The highest BCUT2D eigenvalue weighted by Gasteiger charge is 2.69. The number of H-pyrrole nitrogens is 1. The number of aromatic nitrogens is 2. The quantitative estimate of drug-likeness (QED) is 0.549. The van der Waals surface area contributed by atoms with Crippen LogP contribution in [-0.4, -0.2) is 37.6 Å². The van der Waals surface area contributed by atoms with Crippen molar-refractivity contribution in [3.05, 3.63) is 33.1 Å². The van der Waals surface area contributed by atoms with Gasteiger partial charge in [-0.3, -0.25) is 14.3 Å². The molecule has 7 nitrogen and oxygen atoms in total. The first-order valence-corrected chi connectivity index (χ1v) is 10.4. The van der Waals surface area contributed by atoms with Gasteiger partial charge in [0.05, 0.1) is 6.10 Å². The molecule has 8 heteroatoms. The van der Waals surface area contributed by atoms with E-state index in [-0.39, 0.29) is 18.1 Å². The minimum atomic E-state index is -0.748. The van der Waals surface area contributed by atoms with Crippen molar-refractivity contribution in [3.63, 3.8) is 0 Å². The van der Waals surface area contributed by atoms with Crippen molar-refractivity contribution in [2.45, 2.75) is 69.4 Å². The summed E-state index contributed by atoms with van der Waals surface area (Å²) in [6, 6.07) is 1.34. The molecule has 1 spiro atoms. The summed E-state index contributed by atoms with van der Waals surface area (Å²) in [6.07, 6.45) is 4.39. The first-order valence-electron chi connectivity index (χ1n) is 8.83. The minimum absolute atomic E-state index is 0.0780. The van der Waals surface area contributed by atoms with Crippen molar-refractivity contribution in [1.29, 1.82) is 0 Å². The summed E-state index contributed by atoms with van der Waals surface area (Å²) in [5.74, 6) is -0.485. The number of hydrogen-bond acceptors (Lipinski definition) is 5. The van der Waals surface area contributed by atoms with Crippen LogP contribution in [0.5, 0.6) is 0 Å². The molecule has 4 rings (SSSR count). The molecule has 138 valence electrons. The van der Waals surface area contributed by atoms with Gasteiger partial charge in [-0.2, -0.15) is 0 Å². The fraction of sp³-hybridized carbons (Fsp3) is 0.765. The maximum atomic E-state index is 12.4. The second-order valence-corrected chi connectivity index (χ2v) is 8.35. The van der Waals surface area contributed by atoms with Gasteiger partial charge < -0.3 is 14.2 Å². The lowest BCUT2D eigenvalue weighted by Crippen LogP contribution is -2.51. The summed E-state index contributed by atoms with van der Waals surface area (Å²) in [7, 11) is 0. The fourth-order valence-corrected chi connectivity index (χ4v) is 5.18. The number of alkyl halides is 1. The maximum absolute atomic E-state index is 12.4. The van der Waals surface area contributed by atoms with Gasteiger partial charge in [-0.1, -0.05) is 36.4 Å². The van der Waals surface area contributed by atoms with Crippen LogP contribution in [0.2, 0.25) is 0 Å². The summed E-state index contributed by atoms with van der Waals surface area (Å²) in [4.78, 5) is 26.2. The molecule has 0 aromatic carbocycles. The van der Waals surface area contributed by atoms with Gasteiger partial charge in [-0.15, -0.1) is 0 Å². The predicted octanol–water partition coefficient (Wildman–Crippen LogP) is 1.95. The Kier molecular flexibility index (Phi) is 4.37. The number of nitrogens with one attached hydrogen (secondary N) is 1. The molecule has 2 aliphatic heterocycles. The van der Waals surface area contributed by atoms with E-state index >= 15 is 0 Å². The Morgan fingerprint density at radius 3 is 2.68 bits per heavy atom. The zero-order chi connectivity index (χ0) is 17.8. The SMILES string of the molecule is CC(C)[C@@]12OC3(CCCC3)O[C@@H]1[C@@H](CI)O[C@H]2n1ccc(=O)[nH]c1=O. The van der Waals surface area contributed by atoms with E-state index in [0.29, 0.717) is 0 Å². The summed E-state index contributed by atoms with van der Waals surface area (Å²) in [5.41, 5.74) is -1.65. The number of aromatic amines is 1. The monoisotopic (exact) mass is 462 g/mol. The highest BCUT2D eigenvalue weighted by Crippen LogP contribution is 2.58. The molecule has 0 amide bonds. The Bertz CT molecular complexity index is 769. The van der Waals surface area contributed by atoms with E-state index in [1.807, 2.05) is 0 Å². The Morgan fingerprint density at radius 2 is 2.08 bits per heavy atom. The molecule has 1 aromatic rings. The third-order valence-electron chi connectivity index (χ3n) is 5.70. The molecule has 1 saturated carbocycles. The lowest BCUT2D eigenvalue weighted by Gasteiger charge is -2.37. The summed E-state index contributed by atoms with van der Waals surface area (Å²) >= 11 is 2.29. The van der Waals surface area contributed by atoms with Gasteiger partial charge in [0.25, 0.3) is 5.56 Å². The number of fused-ring (bicyclic) bond motifs is 1. The standard InChI is InChI=1S/C17H23IN2O5/c1-10(2)17-13(24-16(25-17)6-3-4-7-16)11(9-18)23-14(17)20-8-5-12(21)19-15(20)22/h5,8,10-11,13-14H,3-4,6-7,9H2,1-2H3,(H,19,21,22)/t11-,13-,14-,17-/m1/s1. The van der Waals surface area contributed by atoms with Crippen LogP contribution >= 0.6 is 22.6 Å². The molecule has 3 heterocycles. The van der Waals surface area contributed by atoms with Crippen molar-refractivity contribution in [1.82, 2.24) is 9.55 Å². The molecule has 3 fully saturated rings. The molecule has 25 heavy (non-hydrogen) atoms. The van der Waals surface area contributed by atoms with Crippen molar-refractivity contribution >= 4 is 22.6 Å². The fourth-order valence-electron chi connectivity index (χ4n) is 4.51. The molecule has 4 atom stereocenters.